The lowest BCUT2D eigenvalue weighted by molar-refractivity contribution is 0.0601. The Morgan fingerprint density at radius 2 is 1.42 bits per heavy atom. The van der Waals surface area contributed by atoms with Gasteiger partial charge in [-0.25, -0.2) is 4.79 Å². The van der Waals surface area contributed by atoms with Gasteiger partial charge < -0.3 is 10.1 Å². The van der Waals surface area contributed by atoms with E-state index in [0.29, 0.717) is 5.56 Å². The molecule has 0 unspecified atom stereocenters. The molecule has 0 spiro atoms. The van der Waals surface area contributed by atoms with E-state index in [4.69, 9.17) is 4.74 Å². The Labute approximate surface area is 213 Å². The van der Waals surface area contributed by atoms with Crippen LogP contribution in [0.2, 0.25) is 0 Å². The van der Waals surface area contributed by atoms with Crippen LogP contribution in [0.4, 0.5) is 5.69 Å². The van der Waals surface area contributed by atoms with Crippen LogP contribution < -0.4 is 5.32 Å². The molecule has 0 aliphatic rings. The first-order chi connectivity index (χ1) is 17.7. The summed E-state index contributed by atoms with van der Waals surface area (Å²) in [7, 11) is 1.44. The van der Waals surface area contributed by atoms with Crippen LogP contribution in [-0.2, 0) is 4.74 Å². The lowest BCUT2D eigenvalue weighted by Gasteiger charge is -2.16. The van der Waals surface area contributed by atoms with Gasteiger partial charge in [0.05, 0.1) is 12.7 Å². The first kappa shape index (κ1) is 24.1. The van der Waals surface area contributed by atoms with Crippen molar-refractivity contribution in [1.29, 1.82) is 0 Å². The van der Waals surface area contributed by atoms with E-state index < -0.39 is 0 Å². The maximum atomic E-state index is 12.5. The lowest BCUT2D eigenvalue weighted by atomic mass is 9.89. The number of nitrogens with one attached hydrogen (secondary N) is 1. The monoisotopic (exact) mass is 477 g/mol. The molecule has 0 radical (unpaired) electrons. The summed E-state index contributed by atoms with van der Waals surface area (Å²) in [6.45, 7) is 3.15. The molecule has 0 amide bonds. The van der Waals surface area contributed by atoms with Crippen LogP contribution in [0, 0.1) is 0 Å². The second-order valence-corrected chi connectivity index (χ2v) is 9.81. The summed E-state index contributed by atoms with van der Waals surface area (Å²) in [4.78, 5) is 12.5. The van der Waals surface area contributed by atoms with Crippen LogP contribution in [0.15, 0.2) is 72.8 Å². The number of carbonyl (C=O) groups excluding carboxylic acids is 1. The number of rotatable bonds is 11. The van der Waals surface area contributed by atoms with Crippen LogP contribution in [0.5, 0.6) is 0 Å². The Bertz CT molecular complexity index is 1470. The summed E-state index contributed by atoms with van der Waals surface area (Å²) >= 11 is 0. The maximum Gasteiger partial charge on any atom is 0.337 e. The number of unbranched alkanes of at least 4 members (excludes halogenated alkanes) is 6. The summed E-state index contributed by atoms with van der Waals surface area (Å²) in [5, 5.41) is 11.1. The normalized spacial score (nSPS) is 11.5. The minimum absolute atomic E-state index is 0.312. The van der Waals surface area contributed by atoms with Gasteiger partial charge in [-0.2, -0.15) is 0 Å². The largest absolute Gasteiger partial charge is 0.465 e. The highest BCUT2D eigenvalue weighted by molar-refractivity contribution is 6.25. The molecule has 184 valence electrons. The van der Waals surface area contributed by atoms with Gasteiger partial charge >= 0.3 is 5.97 Å². The third-order valence-corrected chi connectivity index (χ3v) is 7.30. The molecule has 5 rings (SSSR count). The molecule has 0 fully saturated rings. The fourth-order valence-electron chi connectivity index (χ4n) is 5.42. The molecule has 0 bridgehead atoms. The maximum absolute atomic E-state index is 12.5. The van der Waals surface area contributed by atoms with Crippen molar-refractivity contribution in [3.63, 3.8) is 0 Å². The molecule has 5 aromatic carbocycles. The number of esters is 1. The number of benzene rings is 5. The van der Waals surface area contributed by atoms with Crippen LogP contribution >= 0.6 is 0 Å². The van der Waals surface area contributed by atoms with Gasteiger partial charge in [-0.3, -0.25) is 0 Å². The predicted molar refractivity (Wildman–Crippen MR) is 153 cm³/mol. The van der Waals surface area contributed by atoms with Crippen molar-refractivity contribution in [2.24, 2.45) is 0 Å². The summed E-state index contributed by atoms with van der Waals surface area (Å²) in [6.07, 6.45) is 8.94. The van der Waals surface area contributed by atoms with Gasteiger partial charge in [0.25, 0.3) is 0 Å². The van der Waals surface area contributed by atoms with E-state index in [1.807, 2.05) is 12.1 Å². The first-order valence-corrected chi connectivity index (χ1v) is 13.3. The number of hydrogen-bond acceptors (Lipinski definition) is 3. The zero-order chi connectivity index (χ0) is 24.9. The standard InChI is InChI=1S/C33H35NO2/c1-3-4-5-6-7-8-9-19-34-28-21-26(20-27(22-28)33(35)36-2)29-17-15-25-14-13-23-11-10-12-24-16-18-30(29)32(25)31(23)24/h10-18,20-22,34H,3-9,19H2,1-2H3. The highest BCUT2D eigenvalue weighted by Crippen LogP contribution is 2.40. The Morgan fingerprint density at radius 1 is 0.750 bits per heavy atom. The molecule has 36 heavy (non-hydrogen) atoms. The van der Waals surface area contributed by atoms with Crippen molar-refractivity contribution in [2.75, 3.05) is 19.0 Å². The number of methoxy groups -OCH3 is 1. The van der Waals surface area contributed by atoms with E-state index in [0.717, 1.165) is 29.8 Å². The van der Waals surface area contributed by atoms with Gasteiger partial charge in [-0.15, -0.1) is 0 Å². The summed E-state index contributed by atoms with van der Waals surface area (Å²) < 4.78 is 5.09. The molecular weight excluding hydrogens is 442 g/mol. The van der Waals surface area contributed by atoms with Crippen molar-refractivity contribution >= 4 is 44.0 Å². The third-order valence-electron chi connectivity index (χ3n) is 7.30. The molecule has 5 aromatic rings. The Kier molecular flexibility index (Phi) is 7.36. The van der Waals surface area contributed by atoms with Crippen molar-refractivity contribution in [2.45, 2.75) is 51.9 Å². The molecular formula is C33H35NO2. The topological polar surface area (TPSA) is 38.3 Å². The van der Waals surface area contributed by atoms with Crippen molar-refractivity contribution in [3.05, 3.63) is 78.4 Å². The minimum atomic E-state index is -0.312. The molecule has 0 aliphatic heterocycles. The van der Waals surface area contributed by atoms with E-state index in [1.165, 1.54) is 78.0 Å². The average molecular weight is 478 g/mol. The smallest absolute Gasteiger partial charge is 0.337 e. The van der Waals surface area contributed by atoms with Gasteiger partial charge in [0.15, 0.2) is 0 Å². The summed E-state index contributed by atoms with van der Waals surface area (Å²) in [6, 6.07) is 25.7. The zero-order valence-electron chi connectivity index (χ0n) is 21.4. The fraction of sp³-hybridized carbons (Fsp3) is 0.303. The average Bonchev–Trinajstić information content (AvgIpc) is 2.92. The molecule has 0 heterocycles. The zero-order valence-corrected chi connectivity index (χ0v) is 21.4. The minimum Gasteiger partial charge on any atom is -0.465 e. The van der Waals surface area contributed by atoms with E-state index in [9.17, 15) is 4.79 Å². The van der Waals surface area contributed by atoms with Crippen LogP contribution in [0.3, 0.4) is 0 Å². The molecule has 0 atom stereocenters. The summed E-state index contributed by atoms with van der Waals surface area (Å²) in [5.74, 6) is -0.312. The van der Waals surface area contributed by atoms with Crippen LogP contribution in [0.1, 0.15) is 62.2 Å². The van der Waals surface area contributed by atoms with E-state index in [1.54, 1.807) is 0 Å². The van der Waals surface area contributed by atoms with Gasteiger partial charge in [0.2, 0.25) is 0 Å². The Morgan fingerprint density at radius 3 is 2.17 bits per heavy atom. The molecule has 0 saturated carbocycles. The Hall–Kier alpha value is -3.59. The van der Waals surface area contributed by atoms with Crippen molar-refractivity contribution in [3.8, 4) is 11.1 Å². The highest BCUT2D eigenvalue weighted by atomic mass is 16.5. The molecule has 0 aliphatic carbocycles. The lowest BCUT2D eigenvalue weighted by Crippen LogP contribution is -2.06. The molecule has 1 N–H and O–H groups in total. The second kappa shape index (κ2) is 11.0. The highest BCUT2D eigenvalue weighted by Gasteiger charge is 2.15. The van der Waals surface area contributed by atoms with Crippen LogP contribution in [0.25, 0.3) is 43.4 Å². The first-order valence-electron chi connectivity index (χ1n) is 13.3. The second-order valence-electron chi connectivity index (χ2n) is 9.81. The van der Waals surface area contributed by atoms with Crippen LogP contribution in [-0.4, -0.2) is 19.6 Å². The summed E-state index contributed by atoms with van der Waals surface area (Å²) in [5.41, 5.74) is 3.69. The Balaban J connectivity index is 1.47. The van der Waals surface area contributed by atoms with E-state index >= 15 is 0 Å². The molecule has 0 aromatic heterocycles. The van der Waals surface area contributed by atoms with Crippen molar-refractivity contribution in [1.82, 2.24) is 0 Å². The molecule has 3 heteroatoms. The van der Waals surface area contributed by atoms with Gasteiger partial charge in [-0.1, -0.05) is 100 Å². The number of ether oxygens (including phenoxy) is 1. The predicted octanol–water partition coefficient (Wildman–Crippen LogP) is 9.20. The fourth-order valence-corrected chi connectivity index (χ4v) is 5.42. The quantitative estimate of drug-likeness (QED) is 0.117. The number of anilines is 1. The SMILES string of the molecule is CCCCCCCCCNc1cc(C(=O)OC)cc(-c2ccc3ccc4cccc5ccc2c3c45)c1. The van der Waals surface area contributed by atoms with Gasteiger partial charge in [0.1, 0.15) is 0 Å². The van der Waals surface area contributed by atoms with Crippen molar-refractivity contribution < 1.29 is 9.53 Å². The van der Waals surface area contributed by atoms with E-state index in [2.05, 4.69) is 72.9 Å². The molecule has 0 saturated heterocycles. The number of hydrogen-bond donors (Lipinski definition) is 1. The van der Waals surface area contributed by atoms with Gasteiger partial charge in [-0.05, 0) is 68.1 Å². The van der Waals surface area contributed by atoms with E-state index in [-0.39, 0.29) is 5.97 Å². The van der Waals surface area contributed by atoms with Gasteiger partial charge in [0, 0.05) is 12.2 Å². The third kappa shape index (κ3) is 4.88. The number of carbonyl (C=O) groups is 1. The molecule has 3 nitrogen and oxygen atoms in total.